The van der Waals surface area contributed by atoms with Crippen LogP contribution in [0.5, 0.6) is 0 Å². The monoisotopic (exact) mass is 357 g/mol. The Kier molecular flexibility index (Phi) is 3.93. The largest absolute Gasteiger partial charge is 0.284 e. The third-order valence-corrected chi connectivity index (χ3v) is 6.46. The first-order valence-electron chi connectivity index (χ1n) is 8.16. The molecule has 0 atom stereocenters. The normalized spacial score (nSPS) is 15.7. The van der Waals surface area contributed by atoms with Crippen molar-refractivity contribution in [3.63, 3.8) is 0 Å². The lowest BCUT2D eigenvalue weighted by molar-refractivity contribution is 0.424. The average molecular weight is 357 g/mol. The number of hydrogen-bond acceptors (Lipinski definition) is 4. The Hall–Kier alpha value is -2.45. The Labute approximate surface area is 146 Å². The molecule has 25 heavy (non-hydrogen) atoms. The van der Waals surface area contributed by atoms with Crippen LogP contribution < -0.4 is 0 Å². The molecule has 0 spiro atoms. The number of H-pyrrole nitrogens is 1. The lowest BCUT2D eigenvalue weighted by atomic mass is 10.0. The summed E-state index contributed by atoms with van der Waals surface area (Å²) >= 11 is 0. The van der Waals surface area contributed by atoms with Crippen LogP contribution in [0.2, 0.25) is 0 Å². The highest BCUT2D eigenvalue weighted by Crippen LogP contribution is 2.29. The first-order valence-corrected chi connectivity index (χ1v) is 9.60. The minimum atomic E-state index is -3.52. The number of sulfonamides is 1. The zero-order valence-corrected chi connectivity index (χ0v) is 14.7. The summed E-state index contributed by atoms with van der Waals surface area (Å²) in [4.78, 5) is 0.205. The van der Waals surface area contributed by atoms with E-state index in [4.69, 9.17) is 0 Å². The zero-order chi connectivity index (χ0) is 17.4. The fourth-order valence-electron chi connectivity index (χ4n) is 3.39. The lowest BCUT2D eigenvalue weighted by Crippen LogP contribution is -2.33. The third-order valence-electron chi connectivity index (χ3n) is 4.60. The Bertz CT molecular complexity index is 978. The first-order chi connectivity index (χ1) is 12.1. The molecule has 0 bridgehead atoms. The van der Waals surface area contributed by atoms with Gasteiger partial charge in [-0.05, 0) is 6.42 Å². The van der Waals surface area contributed by atoms with E-state index in [9.17, 15) is 8.42 Å². The van der Waals surface area contributed by atoms with Crippen LogP contribution in [-0.4, -0.2) is 45.8 Å². The van der Waals surface area contributed by atoms with Crippen LogP contribution in [0.4, 0.5) is 0 Å². The van der Waals surface area contributed by atoms with Gasteiger partial charge in [-0.15, -0.1) is 0 Å². The van der Waals surface area contributed by atoms with Crippen LogP contribution in [0.1, 0.15) is 11.3 Å². The fraction of sp³-hybridized carbons (Fsp3) is 0.294. The molecule has 1 aliphatic heterocycles. The van der Waals surface area contributed by atoms with E-state index in [1.165, 1.54) is 16.7 Å². The SMILES string of the molecule is Cn1nc2c(c1-c1ccccc1)CCN(S(=O)(=O)c1cn[nH]c1)CC2. The summed E-state index contributed by atoms with van der Waals surface area (Å²) in [7, 11) is -1.58. The summed E-state index contributed by atoms with van der Waals surface area (Å²) in [5, 5.41) is 11.0. The van der Waals surface area contributed by atoms with Crippen LogP contribution in [0.3, 0.4) is 0 Å². The van der Waals surface area contributed by atoms with E-state index in [0.29, 0.717) is 25.9 Å². The minimum Gasteiger partial charge on any atom is -0.284 e. The van der Waals surface area contributed by atoms with E-state index in [1.54, 1.807) is 0 Å². The van der Waals surface area contributed by atoms with Crippen molar-refractivity contribution in [2.75, 3.05) is 13.1 Å². The highest BCUT2D eigenvalue weighted by Gasteiger charge is 2.29. The molecule has 1 aliphatic rings. The molecule has 0 fully saturated rings. The van der Waals surface area contributed by atoms with Crippen molar-refractivity contribution < 1.29 is 8.42 Å². The molecule has 0 radical (unpaired) electrons. The van der Waals surface area contributed by atoms with Crippen molar-refractivity contribution in [3.8, 4) is 11.3 Å². The maximum atomic E-state index is 12.7. The number of rotatable bonds is 3. The number of aromatic amines is 1. The third kappa shape index (κ3) is 2.77. The number of nitrogens with zero attached hydrogens (tertiary/aromatic N) is 4. The molecule has 4 rings (SSSR count). The van der Waals surface area contributed by atoms with Gasteiger partial charge in [0.25, 0.3) is 0 Å². The standard InChI is InChI=1S/C17H19N5O2S/c1-21-17(13-5-3-2-4-6-13)15-7-9-22(10-8-16(15)20-21)25(23,24)14-11-18-19-12-14/h2-6,11-12H,7-10H2,1H3,(H,18,19). The number of benzene rings is 1. The summed E-state index contributed by atoms with van der Waals surface area (Å²) in [5.41, 5.74) is 4.29. The molecule has 2 aromatic heterocycles. The number of fused-ring (bicyclic) bond motifs is 1. The van der Waals surface area contributed by atoms with E-state index < -0.39 is 10.0 Å². The molecule has 0 saturated heterocycles. The molecule has 130 valence electrons. The van der Waals surface area contributed by atoms with Gasteiger partial charge in [0.15, 0.2) is 0 Å². The second-order valence-electron chi connectivity index (χ2n) is 6.10. The van der Waals surface area contributed by atoms with Crippen molar-refractivity contribution in [1.29, 1.82) is 0 Å². The van der Waals surface area contributed by atoms with Crippen molar-refractivity contribution in [2.45, 2.75) is 17.7 Å². The highest BCUT2D eigenvalue weighted by molar-refractivity contribution is 7.89. The lowest BCUT2D eigenvalue weighted by Gasteiger charge is -2.18. The maximum Gasteiger partial charge on any atom is 0.246 e. The van der Waals surface area contributed by atoms with E-state index in [2.05, 4.69) is 27.4 Å². The summed E-state index contributed by atoms with van der Waals surface area (Å²) in [6.45, 7) is 0.859. The van der Waals surface area contributed by atoms with E-state index in [0.717, 1.165) is 22.5 Å². The van der Waals surface area contributed by atoms with Gasteiger partial charge < -0.3 is 0 Å². The summed E-state index contributed by atoms with van der Waals surface area (Å²) < 4.78 is 28.9. The molecule has 0 saturated carbocycles. The molecular weight excluding hydrogens is 338 g/mol. The quantitative estimate of drug-likeness (QED) is 0.772. The van der Waals surface area contributed by atoms with Crippen LogP contribution in [-0.2, 0) is 29.9 Å². The molecule has 7 nitrogen and oxygen atoms in total. The Morgan fingerprint density at radius 3 is 2.60 bits per heavy atom. The number of aryl methyl sites for hydroxylation is 1. The average Bonchev–Trinajstić information content (AvgIpc) is 3.20. The second-order valence-corrected chi connectivity index (χ2v) is 8.04. The molecule has 0 amide bonds. The highest BCUT2D eigenvalue weighted by atomic mass is 32.2. The number of aromatic nitrogens is 4. The van der Waals surface area contributed by atoms with E-state index >= 15 is 0 Å². The van der Waals surface area contributed by atoms with Crippen LogP contribution in [0, 0.1) is 0 Å². The molecule has 0 unspecified atom stereocenters. The van der Waals surface area contributed by atoms with Gasteiger partial charge in [0.05, 0.1) is 17.6 Å². The van der Waals surface area contributed by atoms with Crippen molar-refractivity contribution >= 4 is 10.0 Å². The Balaban J connectivity index is 1.67. The summed E-state index contributed by atoms with van der Waals surface area (Å²) in [6, 6.07) is 10.1. The molecule has 8 heteroatoms. The van der Waals surface area contributed by atoms with Crippen molar-refractivity contribution in [1.82, 2.24) is 24.3 Å². The van der Waals surface area contributed by atoms with E-state index in [1.807, 2.05) is 29.9 Å². The van der Waals surface area contributed by atoms with Crippen molar-refractivity contribution in [2.24, 2.45) is 7.05 Å². The summed E-state index contributed by atoms with van der Waals surface area (Å²) in [6.07, 6.45) is 4.01. The predicted molar refractivity (Wildman–Crippen MR) is 93.4 cm³/mol. The minimum absolute atomic E-state index is 0.205. The van der Waals surface area contributed by atoms with Crippen LogP contribution in [0.15, 0.2) is 47.6 Å². The summed E-state index contributed by atoms with van der Waals surface area (Å²) in [5.74, 6) is 0. The van der Waals surface area contributed by atoms with Crippen molar-refractivity contribution in [3.05, 3.63) is 54.0 Å². The Morgan fingerprint density at radius 2 is 1.88 bits per heavy atom. The van der Waals surface area contributed by atoms with Gasteiger partial charge in [0, 0.05) is 43.9 Å². The first kappa shape index (κ1) is 16.0. The van der Waals surface area contributed by atoms with Gasteiger partial charge in [-0.2, -0.15) is 14.5 Å². The zero-order valence-electron chi connectivity index (χ0n) is 13.9. The molecule has 3 heterocycles. The molecule has 0 aliphatic carbocycles. The van der Waals surface area contributed by atoms with Gasteiger partial charge in [-0.25, -0.2) is 8.42 Å². The molecule has 1 N–H and O–H groups in total. The van der Waals surface area contributed by atoms with Gasteiger partial charge >= 0.3 is 0 Å². The van der Waals surface area contributed by atoms with E-state index in [-0.39, 0.29) is 4.90 Å². The van der Waals surface area contributed by atoms with Gasteiger partial charge in [0.2, 0.25) is 10.0 Å². The van der Waals surface area contributed by atoms with Gasteiger partial charge in [-0.3, -0.25) is 9.78 Å². The van der Waals surface area contributed by atoms with Gasteiger partial charge in [-0.1, -0.05) is 30.3 Å². The van der Waals surface area contributed by atoms with Crippen LogP contribution in [0.25, 0.3) is 11.3 Å². The fourth-order valence-corrected chi connectivity index (χ4v) is 4.74. The smallest absolute Gasteiger partial charge is 0.246 e. The van der Waals surface area contributed by atoms with Gasteiger partial charge in [0.1, 0.15) is 4.90 Å². The number of nitrogens with one attached hydrogen (secondary N) is 1. The van der Waals surface area contributed by atoms with Crippen LogP contribution >= 0.6 is 0 Å². The second kappa shape index (κ2) is 6.12. The number of hydrogen-bond donors (Lipinski definition) is 1. The molecular formula is C17H19N5O2S. The molecule has 3 aromatic rings. The predicted octanol–water partition coefficient (Wildman–Crippen LogP) is 1.60. The molecule has 1 aromatic carbocycles. The maximum absolute atomic E-state index is 12.7. The topological polar surface area (TPSA) is 83.9 Å². The Morgan fingerprint density at radius 1 is 1.12 bits per heavy atom.